The summed E-state index contributed by atoms with van der Waals surface area (Å²) in [5.74, 6) is -4.37. The summed E-state index contributed by atoms with van der Waals surface area (Å²) in [6.07, 6.45) is -5.17. The van der Waals surface area contributed by atoms with E-state index in [9.17, 15) is 50.3 Å². The van der Waals surface area contributed by atoms with E-state index in [1.54, 1.807) is 17.0 Å². The molecule has 2 saturated heterocycles. The number of hydrazone groups is 2. The summed E-state index contributed by atoms with van der Waals surface area (Å²) >= 11 is 6.95. The molecule has 27 heteroatoms. The van der Waals surface area contributed by atoms with Crippen LogP contribution in [0.25, 0.3) is 0 Å². The average molecular weight is 1210 g/mol. The number of amides is 4. The lowest BCUT2D eigenvalue weighted by atomic mass is 10.1. The number of hydrogen-bond donors (Lipinski definition) is 2. The SMILES string of the molecule is IC(I)I.NC[C@H]1CN(c2ccc(N3C=NN(C=O)CC3)c(F)c2)C(=O)O1.O=C(O)C(F)F.O=CN1CCN(c2ccc(N3C[C@H](CCC(=O)C(F)F)OC3=O)cc2F)C=N1. The molecule has 2 fully saturated rings. The number of benzene rings is 2. The Morgan fingerprint density at radius 1 is 0.770 bits per heavy atom. The van der Waals surface area contributed by atoms with Crippen LogP contribution in [0, 0.1) is 11.6 Å². The van der Waals surface area contributed by atoms with E-state index in [0.29, 0.717) is 56.9 Å². The zero-order chi connectivity index (χ0) is 45.4. The van der Waals surface area contributed by atoms with Gasteiger partial charge in [-0.25, -0.2) is 42.0 Å². The Bertz CT molecular complexity index is 1920. The summed E-state index contributed by atoms with van der Waals surface area (Å²) in [4.78, 5) is 70.7. The van der Waals surface area contributed by atoms with Crippen LogP contribution in [0.15, 0.2) is 46.6 Å². The second kappa shape index (κ2) is 25.0. The third-order valence-electron chi connectivity index (χ3n) is 8.32. The van der Waals surface area contributed by atoms with Gasteiger partial charge in [-0.3, -0.25) is 24.2 Å². The quantitative estimate of drug-likeness (QED) is 0.121. The van der Waals surface area contributed by atoms with Gasteiger partial charge in [0, 0.05) is 26.1 Å². The Morgan fingerprint density at radius 3 is 1.49 bits per heavy atom. The summed E-state index contributed by atoms with van der Waals surface area (Å²) in [6.45, 7) is 2.02. The first kappa shape index (κ1) is 51.1. The topological polar surface area (TPSA) is 211 Å². The van der Waals surface area contributed by atoms with Crippen LogP contribution in [0.4, 0.5) is 58.7 Å². The zero-order valence-electron chi connectivity index (χ0n) is 31.3. The fraction of sp³-hybridized carbons (Fsp3) is 0.412. The highest BCUT2D eigenvalue weighted by Gasteiger charge is 2.34. The second-order valence-corrected chi connectivity index (χ2v) is 23.2. The molecule has 0 aliphatic carbocycles. The van der Waals surface area contributed by atoms with Gasteiger partial charge in [-0.05, 0) is 42.8 Å². The number of ketones is 1. The van der Waals surface area contributed by atoms with Crippen molar-refractivity contribution in [3.8, 4) is 0 Å². The number of nitrogens with zero attached hydrogens (tertiary/aromatic N) is 8. The summed E-state index contributed by atoms with van der Waals surface area (Å²) in [5.41, 5.74) is 6.69. The number of hydrogen-bond acceptors (Lipinski definition) is 13. The molecule has 61 heavy (non-hydrogen) atoms. The van der Waals surface area contributed by atoms with Crippen LogP contribution in [-0.2, 0) is 28.7 Å². The number of carboxylic acid groups (broad SMARTS) is 1. The molecule has 0 aromatic heterocycles. The number of Topliss-reactive ketones (excluding diaryl/α,β-unsaturated/α-hetero) is 1. The largest absolute Gasteiger partial charge is 0.477 e. The van der Waals surface area contributed by atoms with Crippen LogP contribution in [0.2, 0.25) is 0 Å². The van der Waals surface area contributed by atoms with E-state index in [4.69, 9.17) is 25.1 Å². The molecule has 2 aromatic carbocycles. The number of anilines is 4. The minimum absolute atomic E-state index is 0.0244. The van der Waals surface area contributed by atoms with Crippen LogP contribution >= 0.6 is 67.8 Å². The Hall–Kier alpha value is -4.27. The van der Waals surface area contributed by atoms with Crippen LogP contribution in [-0.4, -0.2) is 135 Å². The number of carbonyl (C=O) groups excluding carboxylic acids is 5. The molecule has 2 aromatic rings. The fourth-order valence-corrected chi connectivity index (χ4v) is 5.38. The molecule has 0 unspecified atom stereocenters. The van der Waals surface area contributed by atoms with Crippen molar-refractivity contribution in [3.63, 3.8) is 0 Å². The van der Waals surface area contributed by atoms with E-state index in [-0.39, 0.29) is 37.0 Å². The highest BCUT2D eigenvalue weighted by atomic mass is 127. The van der Waals surface area contributed by atoms with Crippen molar-refractivity contribution >= 4 is 140 Å². The summed E-state index contributed by atoms with van der Waals surface area (Å²) in [5, 5.41) is 17.4. The summed E-state index contributed by atoms with van der Waals surface area (Å²) in [6, 6.07) is 8.62. The van der Waals surface area contributed by atoms with E-state index in [0.717, 1.165) is 6.00 Å². The van der Waals surface area contributed by atoms with Gasteiger partial charge in [0.2, 0.25) is 12.8 Å². The number of nitrogens with two attached hydrogens (primary N) is 1. The molecule has 4 aliphatic heterocycles. The predicted octanol–water partition coefficient (Wildman–Crippen LogP) is 5.23. The smallest absolute Gasteiger partial charge is 0.414 e. The maximum Gasteiger partial charge on any atom is 0.414 e. The van der Waals surface area contributed by atoms with Crippen LogP contribution in [0.5, 0.6) is 0 Å². The summed E-state index contributed by atoms with van der Waals surface area (Å²) < 4.78 is 85.4. The van der Waals surface area contributed by atoms with Gasteiger partial charge in [0.05, 0.1) is 48.9 Å². The molecule has 0 saturated carbocycles. The molecule has 4 heterocycles. The van der Waals surface area contributed by atoms with Crippen molar-refractivity contribution in [2.45, 2.75) is 37.8 Å². The Balaban J connectivity index is 0.000000269. The maximum atomic E-state index is 14.5. The minimum atomic E-state index is -3.23. The molecule has 18 nitrogen and oxygen atoms in total. The van der Waals surface area contributed by atoms with Crippen molar-refractivity contribution < 1.29 is 69.7 Å². The molecule has 0 spiro atoms. The second-order valence-electron chi connectivity index (χ2n) is 12.3. The summed E-state index contributed by atoms with van der Waals surface area (Å²) in [7, 11) is 0. The lowest BCUT2D eigenvalue weighted by Gasteiger charge is -2.27. The number of carboxylic acids is 1. The van der Waals surface area contributed by atoms with Gasteiger partial charge in [0.25, 0.3) is 6.43 Å². The fourth-order valence-electron chi connectivity index (χ4n) is 5.38. The van der Waals surface area contributed by atoms with Gasteiger partial charge >= 0.3 is 24.6 Å². The molecule has 0 radical (unpaired) electrons. The third-order valence-corrected chi connectivity index (χ3v) is 8.32. The number of cyclic esters (lactones) is 2. The van der Waals surface area contributed by atoms with Crippen molar-refractivity contribution in [1.82, 2.24) is 10.0 Å². The van der Waals surface area contributed by atoms with E-state index in [1.807, 2.05) is 0 Å². The average Bonchev–Trinajstić information content (AvgIpc) is 3.81. The van der Waals surface area contributed by atoms with E-state index < -0.39 is 60.9 Å². The van der Waals surface area contributed by atoms with Crippen LogP contribution in [0.1, 0.15) is 12.8 Å². The van der Waals surface area contributed by atoms with E-state index in [1.165, 1.54) is 55.6 Å². The molecule has 6 rings (SSSR count). The molecular formula is C34H36F6I3N9O9. The minimum Gasteiger partial charge on any atom is -0.477 e. The third kappa shape index (κ3) is 15.9. The van der Waals surface area contributed by atoms with E-state index in [2.05, 4.69) is 78.0 Å². The van der Waals surface area contributed by atoms with Crippen LogP contribution < -0.4 is 25.3 Å². The molecule has 4 amide bonds. The van der Waals surface area contributed by atoms with Gasteiger partial charge < -0.3 is 30.1 Å². The number of carbonyl (C=O) groups is 6. The molecule has 4 aliphatic rings. The number of rotatable bonds is 12. The van der Waals surface area contributed by atoms with Gasteiger partial charge in [-0.1, -0.05) is 67.8 Å². The molecule has 334 valence electrons. The van der Waals surface area contributed by atoms with Crippen molar-refractivity contribution in [1.29, 1.82) is 0 Å². The van der Waals surface area contributed by atoms with E-state index >= 15 is 0 Å². The van der Waals surface area contributed by atoms with Gasteiger partial charge in [-0.15, -0.1) is 0 Å². The first-order chi connectivity index (χ1) is 28.9. The van der Waals surface area contributed by atoms with Crippen molar-refractivity contribution in [3.05, 3.63) is 48.0 Å². The Morgan fingerprint density at radius 2 is 1.18 bits per heavy atom. The number of alkyl halides is 7. The lowest BCUT2D eigenvalue weighted by Crippen LogP contribution is -2.37. The van der Waals surface area contributed by atoms with Gasteiger partial charge in [0.15, 0.2) is 5.78 Å². The Kier molecular flexibility index (Phi) is 20.9. The highest BCUT2D eigenvalue weighted by molar-refractivity contribution is 14.3. The van der Waals surface area contributed by atoms with Crippen LogP contribution in [0.3, 0.4) is 0 Å². The predicted molar refractivity (Wildman–Crippen MR) is 234 cm³/mol. The number of ether oxygens (including phenoxy) is 2. The van der Waals surface area contributed by atoms with Crippen molar-refractivity contribution in [2.24, 2.45) is 15.9 Å². The normalized spacial score (nSPS) is 18.2. The first-order valence-corrected chi connectivity index (χ1v) is 21.2. The van der Waals surface area contributed by atoms with Gasteiger partial charge in [-0.2, -0.15) is 19.0 Å². The standard InChI is InChI=1S/C17H17F3N4O4.C14H16FN5O3.C2H2F2O2.CHI3/c18-13-7-11(1-3-14(13)22-5-6-23(10-25)21-9-22)24-8-12(28-17(24)27)2-4-15(26)16(19)20;15-12-5-10(20-7-11(6-16)23-14(20)22)1-2-13(12)18-3-4-19(9-21)17-8-18;3-1(4)2(5)6;2-1(3)4/h1,3,7,9-10,12,16H,2,4-6,8H2;1-2,5,8-9,11H,3-4,6-7,16H2;1H,(H,5,6);1H/t12-;11-;;/m00../s1. The van der Waals surface area contributed by atoms with Crippen molar-refractivity contribution in [2.75, 3.05) is 65.4 Å². The number of halogens is 9. The monoisotopic (exact) mass is 1210 g/mol. The first-order valence-electron chi connectivity index (χ1n) is 17.4. The lowest BCUT2D eigenvalue weighted by molar-refractivity contribution is -0.149. The molecule has 2 atom stereocenters. The maximum absolute atomic E-state index is 14.5. The number of aliphatic carboxylic acids is 1. The molecular weight excluding hydrogens is 1170 g/mol. The zero-order valence-corrected chi connectivity index (χ0v) is 37.8. The van der Waals surface area contributed by atoms with Gasteiger partial charge in [0.1, 0.15) is 36.5 Å². The molecule has 0 bridgehead atoms. The molecule has 3 N–H and O–H groups in total. The highest BCUT2D eigenvalue weighted by Crippen LogP contribution is 2.30. The Labute approximate surface area is 384 Å².